The predicted octanol–water partition coefficient (Wildman–Crippen LogP) is 4.94. The van der Waals surface area contributed by atoms with Crippen LogP contribution in [0, 0.1) is 17.8 Å². The Morgan fingerprint density at radius 3 is 2.70 bits per heavy atom. The van der Waals surface area contributed by atoms with E-state index >= 15 is 0 Å². The van der Waals surface area contributed by atoms with Gasteiger partial charge in [-0.3, -0.25) is 0 Å². The number of hydrogen-bond donors (Lipinski definition) is 2. The van der Waals surface area contributed by atoms with Crippen molar-refractivity contribution in [3.05, 3.63) is 23.8 Å². The Labute approximate surface area is 167 Å². The Balaban J connectivity index is 1.77. The Morgan fingerprint density at radius 1 is 1.22 bits per heavy atom. The van der Waals surface area contributed by atoms with E-state index in [4.69, 9.17) is 0 Å². The molecule has 1 saturated carbocycles. The minimum atomic E-state index is -0.610. The van der Waals surface area contributed by atoms with Gasteiger partial charge < -0.3 is 15.1 Å². The van der Waals surface area contributed by atoms with E-state index in [-0.39, 0.29) is 12.0 Å². The minimum absolute atomic E-state index is 0.213. The summed E-state index contributed by atoms with van der Waals surface area (Å²) in [5, 5.41) is 21.0. The number of aliphatic hydroxyl groups excluding tert-OH is 1. The van der Waals surface area contributed by atoms with Gasteiger partial charge in [0.2, 0.25) is 0 Å². The molecule has 0 saturated heterocycles. The lowest BCUT2D eigenvalue weighted by Crippen LogP contribution is -2.23. The normalized spacial score (nSPS) is 30.1. The molecular formula is C24H43NO2. The van der Waals surface area contributed by atoms with Crippen LogP contribution < -0.4 is 0 Å². The Bertz CT molecular complexity index is 495. The van der Waals surface area contributed by atoms with Gasteiger partial charge in [0.05, 0.1) is 11.7 Å². The lowest BCUT2D eigenvalue weighted by Gasteiger charge is -2.22. The van der Waals surface area contributed by atoms with Crippen molar-refractivity contribution in [3.63, 3.8) is 0 Å². The molecule has 27 heavy (non-hydrogen) atoms. The number of aliphatic hydroxyl groups is 2. The van der Waals surface area contributed by atoms with Crippen molar-refractivity contribution in [3.8, 4) is 0 Å². The minimum Gasteiger partial charge on any atom is -0.392 e. The molecule has 0 amide bonds. The van der Waals surface area contributed by atoms with Gasteiger partial charge in [-0.15, -0.1) is 0 Å². The molecule has 156 valence electrons. The molecule has 5 atom stereocenters. The summed E-state index contributed by atoms with van der Waals surface area (Å²) in [5.74, 6) is 1.40. The summed E-state index contributed by atoms with van der Waals surface area (Å²) in [6.45, 7) is 5.28. The highest BCUT2D eigenvalue weighted by Gasteiger charge is 2.43. The van der Waals surface area contributed by atoms with E-state index in [1.54, 1.807) is 5.57 Å². The van der Waals surface area contributed by atoms with Gasteiger partial charge in [0, 0.05) is 5.92 Å². The summed E-state index contributed by atoms with van der Waals surface area (Å²) in [6, 6.07) is 0. The van der Waals surface area contributed by atoms with Crippen molar-refractivity contribution >= 4 is 0 Å². The van der Waals surface area contributed by atoms with Crippen LogP contribution in [0.5, 0.6) is 0 Å². The molecule has 0 aromatic rings. The zero-order chi connectivity index (χ0) is 19.9. The lowest BCUT2D eigenvalue weighted by molar-refractivity contribution is 0.0513. The zero-order valence-corrected chi connectivity index (χ0v) is 18.2. The maximum Gasteiger partial charge on any atom is 0.0654 e. The summed E-state index contributed by atoms with van der Waals surface area (Å²) in [6.07, 6.45) is 17.5. The monoisotopic (exact) mass is 377 g/mol. The first-order chi connectivity index (χ1) is 12.8. The van der Waals surface area contributed by atoms with Gasteiger partial charge in [-0.05, 0) is 84.3 Å². The standard InChI is InChI=1S/C24H43NO2/c1-5-6-13-24(2,27)14-10-12-21-22-17-19(16-20(22)18-23(21)26)11-8-7-9-15-25(3)4/h10,12,16,20-23,26-27H,5-9,11,13-15,17-18H2,1-4H3/t20-,21+,22-,23+,24-/m0/s1. The molecular weight excluding hydrogens is 334 g/mol. The van der Waals surface area contributed by atoms with Gasteiger partial charge in [0.25, 0.3) is 0 Å². The molecule has 0 radical (unpaired) electrons. The molecule has 0 aromatic carbocycles. The van der Waals surface area contributed by atoms with Gasteiger partial charge in [0.1, 0.15) is 0 Å². The molecule has 0 heterocycles. The van der Waals surface area contributed by atoms with Crippen LogP contribution in [0.4, 0.5) is 0 Å². The topological polar surface area (TPSA) is 43.7 Å². The van der Waals surface area contributed by atoms with Crippen LogP contribution >= 0.6 is 0 Å². The van der Waals surface area contributed by atoms with Crippen LogP contribution in [0.3, 0.4) is 0 Å². The average molecular weight is 378 g/mol. The Hall–Kier alpha value is -0.640. The summed E-state index contributed by atoms with van der Waals surface area (Å²) in [7, 11) is 4.28. The maximum absolute atomic E-state index is 10.5. The van der Waals surface area contributed by atoms with Gasteiger partial charge in [0.15, 0.2) is 0 Å². The third-order valence-electron chi connectivity index (χ3n) is 6.54. The van der Waals surface area contributed by atoms with Crippen LogP contribution in [-0.4, -0.2) is 47.5 Å². The quantitative estimate of drug-likeness (QED) is 0.374. The van der Waals surface area contributed by atoms with Crippen molar-refractivity contribution in [1.82, 2.24) is 4.90 Å². The van der Waals surface area contributed by atoms with E-state index < -0.39 is 5.60 Å². The Morgan fingerprint density at radius 2 is 2.00 bits per heavy atom. The molecule has 0 spiro atoms. The molecule has 0 bridgehead atoms. The van der Waals surface area contributed by atoms with Crippen molar-refractivity contribution < 1.29 is 10.2 Å². The third-order valence-corrected chi connectivity index (χ3v) is 6.54. The zero-order valence-electron chi connectivity index (χ0n) is 18.2. The summed E-state index contributed by atoms with van der Waals surface area (Å²) < 4.78 is 0. The smallest absolute Gasteiger partial charge is 0.0654 e. The van der Waals surface area contributed by atoms with Crippen LogP contribution in [-0.2, 0) is 0 Å². The second kappa shape index (κ2) is 10.8. The predicted molar refractivity (Wildman–Crippen MR) is 115 cm³/mol. The fraction of sp³-hybridized carbons (Fsp3) is 0.833. The van der Waals surface area contributed by atoms with Crippen molar-refractivity contribution in [2.75, 3.05) is 20.6 Å². The average Bonchev–Trinajstić information content (AvgIpc) is 3.10. The highest BCUT2D eigenvalue weighted by molar-refractivity contribution is 5.20. The molecule has 2 N–H and O–H groups in total. The molecule has 1 fully saturated rings. The molecule has 3 heteroatoms. The number of rotatable bonds is 12. The first-order valence-corrected chi connectivity index (χ1v) is 11.2. The summed E-state index contributed by atoms with van der Waals surface area (Å²) >= 11 is 0. The fourth-order valence-electron chi connectivity index (χ4n) is 4.89. The lowest BCUT2D eigenvalue weighted by atomic mass is 9.87. The number of fused-ring (bicyclic) bond motifs is 1. The van der Waals surface area contributed by atoms with E-state index in [1.807, 2.05) is 6.92 Å². The SMILES string of the molecule is CCCC[C@](C)(O)CC=C[C@@H]1[C@H]2CC(CCCCCN(C)C)=C[C@H]2C[C@H]1O. The maximum atomic E-state index is 10.5. The molecule has 0 unspecified atom stereocenters. The van der Waals surface area contributed by atoms with Crippen LogP contribution in [0.1, 0.15) is 78.1 Å². The molecule has 0 aliphatic heterocycles. The molecule has 2 aliphatic rings. The third kappa shape index (κ3) is 7.36. The molecule has 2 aliphatic carbocycles. The van der Waals surface area contributed by atoms with Gasteiger partial charge in [-0.25, -0.2) is 0 Å². The summed E-state index contributed by atoms with van der Waals surface area (Å²) in [4.78, 5) is 2.26. The number of allylic oxidation sites excluding steroid dienone is 2. The van der Waals surface area contributed by atoms with Crippen molar-refractivity contribution in [1.29, 1.82) is 0 Å². The number of nitrogens with zero attached hydrogens (tertiary/aromatic N) is 1. The number of hydrogen-bond acceptors (Lipinski definition) is 3. The molecule has 0 aromatic heterocycles. The van der Waals surface area contributed by atoms with Crippen LogP contribution in [0.2, 0.25) is 0 Å². The van der Waals surface area contributed by atoms with Crippen molar-refractivity contribution in [2.24, 2.45) is 17.8 Å². The van der Waals surface area contributed by atoms with Gasteiger partial charge >= 0.3 is 0 Å². The second-order valence-corrected chi connectivity index (χ2v) is 9.58. The van der Waals surface area contributed by atoms with E-state index in [0.717, 1.165) is 32.1 Å². The van der Waals surface area contributed by atoms with Crippen LogP contribution in [0.25, 0.3) is 0 Å². The first kappa shape index (κ1) is 22.6. The second-order valence-electron chi connectivity index (χ2n) is 9.58. The highest BCUT2D eigenvalue weighted by Crippen LogP contribution is 2.48. The number of unbranched alkanes of at least 4 members (excludes halogenated alkanes) is 3. The summed E-state index contributed by atoms with van der Waals surface area (Å²) in [5.41, 5.74) is 1.01. The van der Waals surface area contributed by atoms with E-state index in [2.05, 4.69) is 44.1 Å². The highest BCUT2D eigenvalue weighted by atomic mass is 16.3. The van der Waals surface area contributed by atoms with Crippen molar-refractivity contribution in [2.45, 2.75) is 89.8 Å². The molecule has 2 rings (SSSR count). The first-order valence-electron chi connectivity index (χ1n) is 11.2. The van der Waals surface area contributed by atoms with E-state index in [1.165, 1.54) is 32.2 Å². The van der Waals surface area contributed by atoms with Gasteiger partial charge in [-0.2, -0.15) is 0 Å². The Kier molecular flexibility index (Phi) is 9.04. The van der Waals surface area contributed by atoms with E-state index in [9.17, 15) is 10.2 Å². The van der Waals surface area contributed by atoms with Crippen LogP contribution in [0.15, 0.2) is 23.8 Å². The molecule has 3 nitrogen and oxygen atoms in total. The van der Waals surface area contributed by atoms with Gasteiger partial charge in [-0.1, -0.05) is 50.0 Å². The fourth-order valence-corrected chi connectivity index (χ4v) is 4.89. The van der Waals surface area contributed by atoms with E-state index in [0.29, 0.717) is 18.3 Å². The largest absolute Gasteiger partial charge is 0.392 e.